The van der Waals surface area contributed by atoms with E-state index in [1.807, 2.05) is 24.5 Å². The Bertz CT molecular complexity index is 2910. The molecule has 1 aliphatic heterocycles. The van der Waals surface area contributed by atoms with Crippen LogP contribution < -0.4 is 5.46 Å². The van der Waals surface area contributed by atoms with Crippen molar-refractivity contribution in [2.45, 2.75) is 137 Å². The molecule has 0 saturated carbocycles. The van der Waals surface area contributed by atoms with E-state index in [1.54, 1.807) is 0 Å². The number of nitrogens with zero attached hydrogens (tertiary/aromatic N) is 2. The predicted octanol–water partition coefficient (Wildman–Crippen LogP) is 18.0. The summed E-state index contributed by atoms with van der Waals surface area (Å²) in [7, 11) is -0.232. The predicted molar refractivity (Wildman–Crippen MR) is 316 cm³/mol. The molecule has 73 heavy (non-hydrogen) atoms. The van der Waals surface area contributed by atoms with Crippen LogP contribution >= 0.6 is 15.9 Å². The van der Waals surface area contributed by atoms with Crippen LogP contribution in [0.1, 0.15) is 126 Å². The van der Waals surface area contributed by atoms with E-state index in [0.717, 1.165) is 38.0 Å². The van der Waals surface area contributed by atoms with Crippen molar-refractivity contribution in [3.63, 3.8) is 0 Å². The first-order valence-electron chi connectivity index (χ1n) is 25.8. The summed E-state index contributed by atoms with van der Waals surface area (Å²) in [5.41, 5.74) is 18.5. The summed E-state index contributed by atoms with van der Waals surface area (Å²) < 4.78 is 12.8. The molecular formula is C67H76BBrN2O2. The summed E-state index contributed by atoms with van der Waals surface area (Å²) >= 11 is 3.42. The largest absolute Gasteiger partial charge is 0.494 e. The summed E-state index contributed by atoms with van der Waals surface area (Å²) in [5.74, 6) is 0. The van der Waals surface area contributed by atoms with Crippen molar-refractivity contribution < 1.29 is 9.31 Å². The molecule has 1 unspecified atom stereocenters. The molecule has 3 heterocycles. The summed E-state index contributed by atoms with van der Waals surface area (Å²) in [6.07, 6.45) is 3.92. The van der Waals surface area contributed by atoms with Crippen LogP contribution in [0, 0.1) is 0 Å². The minimum Gasteiger partial charge on any atom is -0.402 e. The summed E-state index contributed by atoms with van der Waals surface area (Å²) in [5, 5.41) is 0. The van der Waals surface area contributed by atoms with Crippen molar-refractivity contribution in [2.75, 3.05) is 0 Å². The van der Waals surface area contributed by atoms with Gasteiger partial charge in [0.25, 0.3) is 0 Å². The first-order chi connectivity index (χ1) is 34.2. The van der Waals surface area contributed by atoms with Crippen LogP contribution in [0.25, 0.3) is 55.9 Å². The Balaban J connectivity index is 0.000000168. The van der Waals surface area contributed by atoms with Crippen molar-refractivity contribution in [1.29, 1.82) is 0 Å². The monoisotopic (exact) mass is 1030 g/mol. The lowest BCUT2D eigenvalue weighted by atomic mass is 9.77. The lowest BCUT2D eigenvalue weighted by Crippen LogP contribution is -2.34. The smallest absolute Gasteiger partial charge is 0.402 e. The maximum atomic E-state index is 5.95. The van der Waals surface area contributed by atoms with E-state index in [0.29, 0.717) is 0 Å². The SMILES string of the molecule is CC(C)(C)c1ccc(-c2ccc(-c3ccc(-c4ccc(C(C)(C)C)cc4)cn3)cc2)cc1.CC(C)(C)c1ccc(-c2ccc(-c3ccc(Br)cn3)cc2)cc1.CC1OB(c2ccc(C(C)(C)C)cc2)OC1(C)C. The van der Waals surface area contributed by atoms with Gasteiger partial charge in [-0.25, -0.2) is 0 Å². The fourth-order valence-corrected chi connectivity index (χ4v) is 8.71. The normalized spacial score (nSPS) is 14.7. The Hall–Kier alpha value is -5.92. The molecule has 0 amide bonds. The molecule has 9 rings (SSSR count). The van der Waals surface area contributed by atoms with Gasteiger partial charge < -0.3 is 9.31 Å². The summed E-state index contributed by atoms with van der Waals surface area (Å²) in [6.45, 7) is 33.0. The second-order valence-corrected chi connectivity index (χ2v) is 25.0. The number of pyridine rings is 2. The highest BCUT2D eigenvalue weighted by Gasteiger charge is 2.43. The van der Waals surface area contributed by atoms with Crippen molar-refractivity contribution in [1.82, 2.24) is 9.97 Å². The zero-order valence-corrected chi connectivity index (χ0v) is 47.7. The fourth-order valence-electron chi connectivity index (χ4n) is 8.47. The van der Waals surface area contributed by atoms with Gasteiger partial charge >= 0.3 is 7.12 Å². The minimum absolute atomic E-state index is 0.116. The second-order valence-electron chi connectivity index (χ2n) is 24.1. The standard InChI is InChI=1S/C31H33N.C21H20BrN.C15H23BO2/c1-30(2,3)27-16-11-23(12-17-27)22-7-9-25(10-8-22)29-20-15-26(21-32-29)24-13-18-28(19-14-24)31(4,5)6;1-21(2,3)18-10-8-16(9-11-18)15-4-6-17(7-5-15)20-13-12-19(22)14-23-20;1-11-15(5,6)18-16(17-11)13-9-7-12(8-10-13)14(2,3)4/h7-21H,1-6H3;4-14H,1-3H3;7-11H,1-6H3. The van der Waals surface area contributed by atoms with Gasteiger partial charge in [-0.15, -0.1) is 0 Å². The Morgan fingerprint density at radius 2 is 0.671 bits per heavy atom. The van der Waals surface area contributed by atoms with E-state index in [2.05, 4.69) is 282 Å². The average molecular weight is 1030 g/mol. The number of aromatic nitrogens is 2. The van der Waals surface area contributed by atoms with Gasteiger partial charge in [-0.05, 0) is 132 Å². The molecule has 0 aliphatic carbocycles. The van der Waals surface area contributed by atoms with E-state index < -0.39 is 0 Å². The van der Waals surface area contributed by atoms with Crippen molar-refractivity contribution >= 4 is 28.5 Å². The highest BCUT2D eigenvalue weighted by atomic mass is 79.9. The Labute approximate surface area is 447 Å². The van der Waals surface area contributed by atoms with Gasteiger partial charge in [0.05, 0.1) is 23.1 Å². The van der Waals surface area contributed by atoms with E-state index in [4.69, 9.17) is 14.3 Å². The quantitative estimate of drug-likeness (QED) is 0.156. The lowest BCUT2D eigenvalue weighted by Gasteiger charge is -2.21. The third-order valence-corrected chi connectivity index (χ3v) is 14.3. The van der Waals surface area contributed by atoms with Crippen molar-refractivity contribution in [2.24, 2.45) is 0 Å². The molecule has 4 nitrogen and oxygen atoms in total. The van der Waals surface area contributed by atoms with E-state index in [-0.39, 0.29) is 40.5 Å². The highest BCUT2D eigenvalue weighted by Crippen LogP contribution is 2.32. The maximum absolute atomic E-state index is 5.95. The van der Waals surface area contributed by atoms with E-state index >= 15 is 0 Å². The Morgan fingerprint density at radius 3 is 0.959 bits per heavy atom. The topological polar surface area (TPSA) is 44.2 Å². The summed E-state index contributed by atoms with van der Waals surface area (Å²) in [6, 6.07) is 60.7. The van der Waals surface area contributed by atoms with Crippen LogP contribution in [0.15, 0.2) is 187 Å². The molecule has 1 fully saturated rings. The number of halogens is 1. The summed E-state index contributed by atoms with van der Waals surface area (Å²) in [4.78, 5) is 9.18. The van der Waals surface area contributed by atoms with Crippen LogP contribution in [-0.4, -0.2) is 28.8 Å². The molecule has 0 spiro atoms. The maximum Gasteiger partial charge on any atom is 0.494 e. The molecule has 0 bridgehead atoms. The molecule has 1 saturated heterocycles. The third kappa shape index (κ3) is 14.4. The highest BCUT2D eigenvalue weighted by molar-refractivity contribution is 9.10. The van der Waals surface area contributed by atoms with Gasteiger partial charge in [-0.2, -0.15) is 0 Å². The first kappa shape index (κ1) is 54.8. The molecule has 2 aromatic heterocycles. The molecule has 6 heteroatoms. The van der Waals surface area contributed by atoms with Crippen molar-refractivity contribution in [3.8, 4) is 55.9 Å². The fraction of sp³-hybridized carbons (Fsp3) is 0.313. The van der Waals surface area contributed by atoms with Gasteiger partial charge in [-0.1, -0.05) is 235 Å². The van der Waals surface area contributed by atoms with Gasteiger partial charge in [0, 0.05) is 33.6 Å². The molecule has 376 valence electrons. The first-order valence-corrected chi connectivity index (χ1v) is 26.6. The van der Waals surface area contributed by atoms with Gasteiger partial charge in [-0.3, -0.25) is 9.97 Å². The third-order valence-electron chi connectivity index (χ3n) is 13.9. The molecule has 6 aromatic carbocycles. The van der Waals surface area contributed by atoms with Crippen LogP contribution in [0.3, 0.4) is 0 Å². The average Bonchev–Trinajstić information content (AvgIpc) is 3.64. The molecule has 0 radical (unpaired) electrons. The second kappa shape index (κ2) is 22.3. The number of benzene rings is 6. The number of hydrogen-bond acceptors (Lipinski definition) is 4. The van der Waals surface area contributed by atoms with Gasteiger partial charge in [0.15, 0.2) is 0 Å². The number of hydrogen-bond donors (Lipinski definition) is 0. The van der Waals surface area contributed by atoms with E-state index in [9.17, 15) is 0 Å². The molecule has 8 aromatic rings. The van der Waals surface area contributed by atoms with Crippen LogP contribution in [0.2, 0.25) is 0 Å². The molecular weight excluding hydrogens is 955 g/mol. The zero-order chi connectivity index (χ0) is 52.9. The molecule has 1 atom stereocenters. The Morgan fingerprint density at radius 1 is 0.384 bits per heavy atom. The van der Waals surface area contributed by atoms with Gasteiger partial charge in [0.1, 0.15) is 0 Å². The van der Waals surface area contributed by atoms with Crippen LogP contribution in [-0.2, 0) is 31.0 Å². The minimum atomic E-state index is -0.232. The Kier molecular flexibility index (Phi) is 16.7. The van der Waals surface area contributed by atoms with E-state index in [1.165, 1.54) is 50.1 Å². The molecule has 1 aliphatic rings. The molecule has 0 N–H and O–H groups in total. The lowest BCUT2D eigenvalue weighted by molar-refractivity contribution is 0.0842. The number of rotatable bonds is 6. The zero-order valence-electron chi connectivity index (χ0n) is 46.1. The van der Waals surface area contributed by atoms with Crippen LogP contribution in [0.4, 0.5) is 0 Å². The van der Waals surface area contributed by atoms with Crippen molar-refractivity contribution in [3.05, 3.63) is 209 Å². The van der Waals surface area contributed by atoms with Gasteiger partial charge in [0.2, 0.25) is 0 Å². The van der Waals surface area contributed by atoms with Crippen LogP contribution in [0.5, 0.6) is 0 Å².